The zero-order valence-corrected chi connectivity index (χ0v) is 8.28. The summed E-state index contributed by atoms with van der Waals surface area (Å²) in [5, 5.41) is 9.36. The van der Waals surface area contributed by atoms with Crippen LogP contribution >= 0.6 is 0 Å². The van der Waals surface area contributed by atoms with E-state index in [-0.39, 0.29) is 0 Å². The smallest absolute Gasteiger partial charge is 0.0789 e. The molecule has 4 heteroatoms. The summed E-state index contributed by atoms with van der Waals surface area (Å²) < 4.78 is 5.27. The van der Waals surface area contributed by atoms with E-state index in [4.69, 9.17) is 10.5 Å². The van der Waals surface area contributed by atoms with E-state index in [1.807, 2.05) is 7.05 Å². The number of hydrogen-bond acceptors (Lipinski definition) is 4. The van der Waals surface area contributed by atoms with Gasteiger partial charge in [-0.25, -0.2) is 0 Å². The van der Waals surface area contributed by atoms with Crippen LogP contribution in [0.5, 0.6) is 0 Å². The molecule has 1 unspecified atom stereocenters. The third-order valence-electron chi connectivity index (χ3n) is 2.58. The van der Waals surface area contributed by atoms with Gasteiger partial charge in [-0.05, 0) is 19.9 Å². The van der Waals surface area contributed by atoms with Crippen molar-refractivity contribution in [3.8, 4) is 0 Å². The number of aliphatic hydroxyl groups excluding tert-OH is 1. The van der Waals surface area contributed by atoms with Crippen molar-refractivity contribution in [2.45, 2.75) is 25.0 Å². The molecular weight excluding hydrogens is 168 g/mol. The van der Waals surface area contributed by atoms with Gasteiger partial charge in [0.2, 0.25) is 0 Å². The average Bonchev–Trinajstić information content (AvgIpc) is 2.19. The number of aliphatic hydroxyl groups is 1. The molecule has 4 nitrogen and oxygen atoms in total. The molecule has 78 valence electrons. The molecule has 0 amide bonds. The second-order valence-electron chi connectivity index (χ2n) is 3.67. The Bertz CT molecular complexity index is 138. The normalized spacial score (nSPS) is 22.2. The van der Waals surface area contributed by atoms with E-state index >= 15 is 0 Å². The van der Waals surface area contributed by atoms with Gasteiger partial charge in [-0.2, -0.15) is 0 Å². The number of likely N-dealkylation sites (N-methyl/N-ethyl adjacent to an activating group) is 1. The Kier molecular flexibility index (Phi) is 4.66. The second-order valence-corrected chi connectivity index (χ2v) is 3.67. The molecule has 0 saturated carbocycles. The molecule has 0 aromatic carbocycles. The molecule has 0 spiro atoms. The second kappa shape index (κ2) is 5.54. The van der Waals surface area contributed by atoms with Crippen LogP contribution in [0, 0.1) is 0 Å². The molecule has 1 fully saturated rings. The Morgan fingerprint density at radius 1 is 1.54 bits per heavy atom. The highest BCUT2D eigenvalue weighted by atomic mass is 16.5. The maximum absolute atomic E-state index is 9.36. The third-order valence-corrected chi connectivity index (χ3v) is 2.58. The molecule has 0 radical (unpaired) electrons. The molecule has 1 rings (SSSR count). The number of nitrogens with two attached hydrogens (primary N) is 1. The van der Waals surface area contributed by atoms with Crippen molar-refractivity contribution in [1.29, 1.82) is 0 Å². The number of rotatable bonds is 4. The van der Waals surface area contributed by atoms with Gasteiger partial charge < -0.3 is 20.5 Å². The summed E-state index contributed by atoms with van der Waals surface area (Å²) in [6.07, 6.45) is 1.73. The van der Waals surface area contributed by atoms with Crippen LogP contribution in [0.25, 0.3) is 0 Å². The van der Waals surface area contributed by atoms with Gasteiger partial charge >= 0.3 is 0 Å². The number of nitrogens with zero attached hydrogens (tertiary/aromatic N) is 1. The Balaban J connectivity index is 2.24. The van der Waals surface area contributed by atoms with Crippen molar-refractivity contribution in [3.63, 3.8) is 0 Å². The van der Waals surface area contributed by atoms with Crippen molar-refractivity contribution < 1.29 is 9.84 Å². The molecular formula is C9H20N2O2. The molecule has 1 heterocycles. The summed E-state index contributed by atoms with van der Waals surface area (Å²) >= 11 is 0. The first-order valence-electron chi connectivity index (χ1n) is 4.90. The summed E-state index contributed by atoms with van der Waals surface area (Å²) in [5.41, 5.74) is 5.35. The van der Waals surface area contributed by atoms with Crippen LogP contribution in [0.4, 0.5) is 0 Å². The van der Waals surface area contributed by atoms with Crippen LogP contribution in [0.3, 0.4) is 0 Å². The molecule has 1 aliphatic heterocycles. The van der Waals surface area contributed by atoms with E-state index in [0.29, 0.717) is 19.1 Å². The summed E-state index contributed by atoms with van der Waals surface area (Å²) in [5.74, 6) is 0. The first kappa shape index (κ1) is 10.9. The van der Waals surface area contributed by atoms with Crippen LogP contribution in [-0.4, -0.2) is 55.5 Å². The molecule has 13 heavy (non-hydrogen) atoms. The maximum atomic E-state index is 9.36. The quantitative estimate of drug-likeness (QED) is 0.619. The van der Waals surface area contributed by atoms with Gasteiger partial charge in [-0.15, -0.1) is 0 Å². The summed E-state index contributed by atoms with van der Waals surface area (Å²) in [6.45, 7) is 2.69. The van der Waals surface area contributed by atoms with E-state index in [2.05, 4.69) is 4.90 Å². The number of ether oxygens (including phenoxy) is 1. The molecule has 1 saturated heterocycles. The topological polar surface area (TPSA) is 58.7 Å². The molecule has 3 N–H and O–H groups in total. The van der Waals surface area contributed by atoms with Crippen molar-refractivity contribution in [2.75, 3.05) is 33.4 Å². The van der Waals surface area contributed by atoms with Crippen molar-refractivity contribution in [3.05, 3.63) is 0 Å². The van der Waals surface area contributed by atoms with Gasteiger partial charge in [-0.1, -0.05) is 0 Å². The van der Waals surface area contributed by atoms with Crippen LogP contribution in [-0.2, 0) is 4.74 Å². The lowest BCUT2D eigenvalue weighted by atomic mass is 10.1. The first-order valence-corrected chi connectivity index (χ1v) is 4.90. The van der Waals surface area contributed by atoms with Gasteiger partial charge in [0, 0.05) is 32.3 Å². The highest BCUT2D eigenvalue weighted by Gasteiger charge is 2.19. The van der Waals surface area contributed by atoms with E-state index in [9.17, 15) is 5.11 Å². The van der Waals surface area contributed by atoms with Gasteiger partial charge in [0.15, 0.2) is 0 Å². The summed E-state index contributed by atoms with van der Waals surface area (Å²) in [6, 6.07) is 0.551. The Morgan fingerprint density at radius 3 is 2.69 bits per heavy atom. The predicted molar refractivity (Wildman–Crippen MR) is 51.5 cm³/mol. The van der Waals surface area contributed by atoms with Crippen molar-refractivity contribution in [2.24, 2.45) is 5.73 Å². The third kappa shape index (κ3) is 3.60. The summed E-state index contributed by atoms with van der Waals surface area (Å²) in [7, 11) is 2.04. The molecule has 1 atom stereocenters. The monoisotopic (exact) mass is 188 g/mol. The van der Waals surface area contributed by atoms with Crippen molar-refractivity contribution >= 4 is 0 Å². The highest BCUT2D eigenvalue weighted by molar-refractivity contribution is 4.74. The lowest BCUT2D eigenvalue weighted by molar-refractivity contribution is 0.0270. The standard InChI is InChI=1S/C9H20N2O2/c1-11(7-9(12)6-10)8-2-4-13-5-3-8/h8-9,12H,2-7,10H2,1H3. The molecule has 1 aliphatic rings. The van der Waals surface area contributed by atoms with Crippen LogP contribution < -0.4 is 5.73 Å². The fraction of sp³-hybridized carbons (Fsp3) is 1.00. The van der Waals surface area contributed by atoms with E-state index in [0.717, 1.165) is 26.1 Å². The van der Waals surface area contributed by atoms with Gasteiger partial charge in [0.1, 0.15) is 0 Å². The first-order chi connectivity index (χ1) is 6.24. The van der Waals surface area contributed by atoms with Crippen LogP contribution in [0.15, 0.2) is 0 Å². The Labute approximate surface area is 79.7 Å². The van der Waals surface area contributed by atoms with Crippen molar-refractivity contribution in [1.82, 2.24) is 4.90 Å². The van der Waals surface area contributed by atoms with E-state index in [1.165, 1.54) is 0 Å². The minimum atomic E-state index is -0.396. The van der Waals surface area contributed by atoms with Gasteiger partial charge in [-0.3, -0.25) is 0 Å². The fourth-order valence-corrected chi connectivity index (χ4v) is 1.68. The van der Waals surface area contributed by atoms with Gasteiger partial charge in [0.25, 0.3) is 0 Å². The van der Waals surface area contributed by atoms with E-state index < -0.39 is 6.10 Å². The Morgan fingerprint density at radius 2 is 2.15 bits per heavy atom. The average molecular weight is 188 g/mol. The molecule has 0 bridgehead atoms. The molecule has 0 aromatic heterocycles. The minimum Gasteiger partial charge on any atom is -0.390 e. The SMILES string of the molecule is CN(CC(O)CN)C1CCOCC1. The Hall–Kier alpha value is -0.160. The predicted octanol–water partition coefficient (Wildman–Crippen LogP) is -0.583. The molecule has 0 aliphatic carbocycles. The maximum Gasteiger partial charge on any atom is 0.0789 e. The lowest BCUT2D eigenvalue weighted by Gasteiger charge is -2.32. The van der Waals surface area contributed by atoms with Gasteiger partial charge in [0.05, 0.1) is 6.10 Å². The highest BCUT2D eigenvalue weighted by Crippen LogP contribution is 2.12. The number of hydrogen-bond donors (Lipinski definition) is 2. The largest absolute Gasteiger partial charge is 0.390 e. The lowest BCUT2D eigenvalue weighted by Crippen LogP contribution is -2.42. The van der Waals surface area contributed by atoms with E-state index in [1.54, 1.807) is 0 Å². The van der Waals surface area contributed by atoms with Crippen LogP contribution in [0.2, 0.25) is 0 Å². The minimum absolute atomic E-state index is 0.341. The van der Waals surface area contributed by atoms with Crippen LogP contribution in [0.1, 0.15) is 12.8 Å². The summed E-state index contributed by atoms with van der Waals surface area (Å²) in [4.78, 5) is 2.18. The zero-order chi connectivity index (χ0) is 9.68. The molecule has 0 aromatic rings. The fourth-order valence-electron chi connectivity index (χ4n) is 1.68. The zero-order valence-electron chi connectivity index (χ0n) is 8.28.